The first-order valence-electron chi connectivity index (χ1n) is 9.19. The normalized spacial score (nSPS) is 14.5. The van der Waals surface area contributed by atoms with Gasteiger partial charge in [0.15, 0.2) is 11.0 Å². The molecule has 4 heterocycles. The molecule has 1 fully saturated rings. The molecule has 1 amide bonds. The molecule has 0 aliphatic carbocycles. The van der Waals surface area contributed by atoms with Crippen LogP contribution < -0.4 is 9.88 Å². The number of amides is 1. The molecule has 3 aromatic rings. The largest absolute Gasteiger partial charge is 0.469 e. The second-order valence-corrected chi connectivity index (χ2v) is 7.60. The third-order valence-electron chi connectivity index (χ3n) is 4.93. The number of pyridine rings is 1. The minimum Gasteiger partial charge on any atom is -0.469 e. The third-order valence-corrected chi connectivity index (χ3v) is 5.93. The van der Waals surface area contributed by atoms with Gasteiger partial charge in [-0.05, 0) is 19.1 Å². The number of thioether (sulfide) groups is 1. The van der Waals surface area contributed by atoms with Gasteiger partial charge in [-0.2, -0.15) is 0 Å². The highest BCUT2D eigenvalue weighted by Gasteiger charge is 2.26. The van der Waals surface area contributed by atoms with E-state index in [0.29, 0.717) is 5.75 Å². The zero-order valence-corrected chi connectivity index (χ0v) is 16.8. The lowest BCUT2D eigenvalue weighted by Crippen LogP contribution is -2.50. The van der Waals surface area contributed by atoms with Crippen molar-refractivity contribution in [2.75, 3.05) is 36.8 Å². The SMILES string of the molecule is Cc1occc1-c1nnc(SCC(=O)N2CCN(c3cccc[nH+]3)CC2)n1C. The van der Waals surface area contributed by atoms with Gasteiger partial charge >= 0.3 is 0 Å². The Bertz CT molecular complexity index is 947. The van der Waals surface area contributed by atoms with E-state index in [1.807, 2.05) is 47.8 Å². The number of carbonyl (C=O) groups excluding carboxylic acids is 1. The van der Waals surface area contributed by atoms with Gasteiger partial charge in [0.2, 0.25) is 5.91 Å². The first-order valence-corrected chi connectivity index (χ1v) is 10.2. The molecule has 0 radical (unpaired) electrons. The highest BCUT2D eigenvalue weighted by molar-refractivity contribution is 7.99. The van der Waals surface area contributed by atoms with E-state index >= 15 is 0 Å². The fourth-order valence-electron chi connectivity index (χ4n) is 3.29. The minimum absolute atomic E-state index is 0.130. The van der Waals surface area contributed by atoms with E-state index in [1.54, 1.807) is 6.26 Å². The summed E-state index contributed by atoms with van der Waals surface area (Å²) < 4.78 is 7.25. The first-order chi connectivity index (χ1) is 13.6. The Morgan fingerprint density at radius 1 is 1.21 bits per heavy atom. The molecule has 8 nitrogen and oxygen atoms in total. The fourth-order valence-corrected chi connectivity index (χ4v) is 4.10. The smallest absolute Gasteiger partial charge is 0.274 e. The molecule has 0 aromatic carbocycles. The third kappa shape index (κ3) is 3.75. The highest BCUT2D eigenvalue weighted by atomic mass is 32.2. The number of hydrogen-bond donors (Lipinski definition) is 0. The Hall–Kier alpha value is -2.81. The van der Waals surface area contributed by atoms with Gasteiger partial charge in [0.05, 0.1) is 36.9 Å². The minimum atomic E-state index is 0.130. The Balaban J connectivity index is 1.32. The van der Waals surface area contributed by atoms with Gasteiger partial charge in [-0.25, -0.2) is 4.98 Å². The molecule has 1 aliphatic heterocycles. The van der Waals surface area contributed by atoms with Crippen LogP contribution in [-0.2, 0) is 11.8 Å². The van der Waals surface area contributed by atoms with Crippen LogP contribution in [0.25, 0.3) is 11.4 Å². The summed E-state index contributed by atoms with van der Waals surface area (Å²) in [5.74, 6) is 3.12. The molecule has 1 saturated heterocycles. The summed E-state index contributed by atoms with van der Waals surface area (Å²) >= 11 is 1.42. The highest BCUT2D eigenvalue weighted by Crippen LogP contribution is 2.26. The van der Waals surface area contributed by atoms with Gasteiger partial charge in [0.25, 0.3) is 5.82 Å². The number of aromatic amines is 1. The van der Waals surface area contributed by atoms with E-state index in [2.05, 4.69) is 26.1 Å². The number of aromatic nitrogens is 4. The maximum Gasteiger partial charge on any atom is 0.274 e. The maximum atomic E-state index is 12.6. The van der Waals surface area contributed by atoms with Crippen LogP contribution in [0.4, 0.5) is 5.82 Å². The van der Waals surface area contributed by atoms with Crippen LogP contribution in [0.2, 0.25) is 0 Å². The summed E-state index contributed by atoms with van der Waals surface area (Å²) in [6.07, 6.45) is 3.56. The van der Waals surface area contributed by atoms with Crippen molar-refractivity contribution in [1.29, 1.82) is 0 Å². The van der Waals surface area contributed by atoms with Gasteiger partial charge in [-0.3, -0.25) is 9.69 Å². The average molecular weight is 400 g/mol. The topological polar surface area (TPSA) is 81.5 Å². The molecule has 1 aliphatic rings. The molecule has 0 bridgehead atoms. The molecule has 0 spiro atoms. The number of nitrogens with one attached hydrogen (secondary N) is 1. The molecular weight excluding hydrogens is 376 g/mol. The number of aryl methyl sites for hydroxylation is 1. The van der Waals surface area contributed by atoms with Crippen molar-refractivity contribution < 1.29 is 14.2 Å². The van der Waals surface area contributed by atoms with Crippen LogP contribution >= 0.6 is 11.8 Å². The Kier molecular flexibility index (Phi) is 5.34. The lowest BCUT2D eigenvalue weighted by molar-refractivity contribution is -0.364. The van der Waals surface area contributed by atoms with Crippen LogP contribution in [0.1, 0.15) is 5.76 Å². The number of piperazine rings is 1. The monoisotopic (exact) mass is 399 g/mol. The van der Waals surface area contributed by atoms with E-state index in [9.17, 15) is 4.79 Å². The van der Waals surface area contributed by atoms with Crippen molar-refractivity contribution in [3.8, 4) is 11.4 Å². The zero-order chi connectivity index (χ0) is 19.5. The number of anilines is 1. The second-order valence-electron chi connectivity index (χ2n) is 6.66. The predicted octanol–water partition coefficient (Wildman–Crippen LogP) is 1.64. The number of carbonyl (C=O) groups is 1. The zero-order valence-electron chi connectivity index (χ0n) is 16.0. The molecule has 9 heteroatoms. The summed E-state index contributed by atoms with van der Waals surface area (Å²) in [6, 6.07) is 7.91. The van der Waals surface area contributed by atoms with E-state index in [1.165, 1.54) is 11.8 Å². The van der Waals surface area contributed by atoms with Crippen LogP contribution in [-0.4, -0.2) is 57.5 Å². The van der Waals surface area contributed by atoms with Gasteiger partial charge < -0.3 is 13.9 Å². The summed E-state index contributed by atoms with van der Waals surface area (Å²) in [4.78, 5) is 20.1. The number of nitrogens with zero attached hydrogens (tertiary/aromatic N) is 5. The summed E-state index contributed by atoms with van der Waals surface area (Å²) in [6.45, 7) is 4.99. The lowest BCUT2D eigenvalue weighted by Gasteiger charge is -2.30. The van der Waals surface area contributed by atoms with Gasteiger partial charge in [0.1, 0.15) is 18.8 Å². The molecule has 0 unspecified atom stereocenters. The predicted molar refractivity (Wildman–Crippen MR) is 106 cm³/mol. The van der Waals surface area contributed by atoms with Crippen LogP contribution in [0.5, 0.6) is 0 Å². The molecule has 0 atom stereocenters. The summed E-state index contributed by atoms with van der Waals surface area (Å²) in [5, 5.41) is 9.21. The van der Waals surface area contributed by atoms with Crippen molar-refractivity contribution in [3.05, 3.63) is 42.5 Å². The number of H-pyrrole nitrogens is 1. The molecule has 146 valence electrons. The molecular formula is C19H23N6O2S+. The molecule has 0 saturated carbocycles. The van der Waals surface area contributed by atoms with Crippen molar-refractivity contribution in [2.24, 2.45) is 7.05 Å². The molecule has 28 heavy (non-hydrogen) atoms. The van der Waals surface area contributed by atoms with Crippen LogP contribution in [0.15, 0.2) is 46.3 Å². The Labute approximate surface area is 167 Å². The molecule has 4 rings (SSSR count). The molecule has 3 aromatic heterocycles. The van der Waals surface area contributed by atoms with Gasteiger partial charge in [-0.1, -0.05) is 17.8 Å². The van der Waals surface area contributed by atoms with Crippen LogP contribution in [0, 0.1) is 6.92 Å². The van der Waals surface area contributed by atoms with Gasteiger partial charge in [0, 0.05) is 13.1 Å². The standard InChI is InChI=1S/C19H22N6O2S/c1-14-15(6-12-27-14)18-21-22-19(23(18)2)28-13-17(26)25-10-8-24(9-11-25)16-5-3-4-7-20-16/h3-7,12H,8-11,13H2,1-2H3/p+1. The van der Waals surface area contributed by atoms with E-state index in [0.717, 1.165) is 54.3 Å². The van der Waals surface area contributed by atoms with Crippen molar-refractivity contribution in [1.82, 2.24) is 19.7 Å². The second kappa shape index (κ2) is 8.05. The number of rotatable bonds is 5. The Morgan fingerprint density at radius 3 is 2.71 bits per heavy atom. The van der Waals surface area contributed by atoms with Crippen molar-refractivity contribution in [2.45, 2.75) is 12.1 Å². The van der Waals surface area contributed by atoms with Crippen molar-refractivity contribution >= 4 is 23.5 Å². The van der Waals surface area contributed by atoms with Crippen LogP contribution in [0.3, 0.4) is 0 Å². The van der Waals surface area contributed by atoms with E-state index in [4.69, 9.17) is 4.42 Å². The fraction of sp³-hybridized carbons (Fsp3) is 0.368. The van der Waals surface area contributed by atoms with E-state index < -0.39 is 0 Å². The lowest BCUT2D eigenvalue weighted by atomic mass is 10.2. The number of furan rings is 1. The maximum absolute atomic E-state index is 12.6. The first kappa shape index (κ1) is 18.5. The Morgan fingerprint density at radius 2 is 2.04 bits per heavy atom. The summed E-state index contributed by atoms with van der Waals surface area (Å²) in [5.41, 5.74) is 0.919. The van der Waals surface area contributed by atoms with E-state index in [-0.39, 0.29) is 5.91 Å². The average Bonchev–Trinajstić information content (AvgIpc) is 3.32. The number of hydrogen-bond acceptors (Lipinski definition) is 6. The van der Waals surface area contributed by atoms with Crippen molar-refractivity contribution in [3.63, 3.8) is 0 Å². The quantitative estimate of drug-likeness (QED) is 0.607. The summed E-state index contributed by atoms with van der Waals surface area (Å²) in [7, 11) is 1.91. The molecule has 1 N–H and O–H groups in total. The van der Waals surface area contributed by atoms with Gasteiger partial charge in [-0.15, -0.1) is 10.2 Å².